The van der Waals surface area contributed by atoms with Gasteiger partial charge in [0, 0.05) is 4.47 Å². The molecule has 1 N–H and O–H groups in total. The van der Waals surface area contributed by atoms with Crippen LogP contribution in [-0.2, 0) is 15.1 Å². The number of hydrogen-bond acceptors (Lipinski definition) is 3. The molecular formula is C12H15BrO3. The van der Waals surface area contributed by atoms with Gasteiger partial charge in [-0.2, -0.15) is 0 Å². The van der Waals surface area contributed by atoms with Crippen LogP contribution in [0.1, 0.15) is 25.8 Å². The second-order valence-corrected chi connectivity index (χ2v) is 4.68. The molecule has 88 valence electrons. The summed E-state index contributed by atoms with van der Waals surface area (Å²) in [5.41, 5.74) is -0.490. The minimum Gasteiger partial charge on any atom is -0.466 e. The molecule has 3 nitrogen and oxygen atoms in total. The van der Waals surface area contributed by atoms with E-state index in [1.54, 1.807) is 26.0 Å². The van der Waals surface area contributed by atoms with E-state index in [9.17, 15) is 9.90 Å². The zero-order valence-corrected chi connectivity index (χ0v) is 11.0. The van der Waals surface area contributed by atoms with E-state index in [1.807, 2.05) is 12.1 Å². The molecule has 0 aromatic heterocycles. The summed E-state index contributed by atoms with van der Waals surface area (Å²) >= 11 is 3.31. The summed E-state index contributed by atoms with van der Waals surface area (Å²) in [5, 5.41) is 10.2. The topological polar surface area (TPSA) is 46.5 Å². The predicted octanol–water partition coefficient (Wildman–Crippen LogP) is 2.61. The van der Waals surface area contributed by atoms with Crippen LogP contribution in [0.5, 0.6) is 0 Å². The zero-order chi connectivity index (χ0) is 12.2. The minimum absolute atomic E-state index is 0.0392. The third-order valence-electron chi connectivity index (χ3n) is 2.26. The van der Waals surface area contributed by atoms with Crippen LogP contribution in [-0.4, -0.2) is 17.7 Å². The van der Waals surface area contributed by atoms with E-state index < -0.39 is 11.6 Å². The van der Waals surface area contributed by atoms with Crippen molar-refractivity contribution in [1.29, 1.82) is 0 Å². The van der Waals surface area contributed by atoms with Crippen molar-refractivity contribution in [3.8, 4) is 0 Å². The van der Waals surface area contributed by atoms with Crippen molar-refractivity contribution < 1.29 is 14.6 Å². The highest BCUT2D eigenvalue weighted by Crippen LogP contribution is 2.26. The summed E-state index contributed by atoms with van der Waals surface area (Å²) in [6, 6.07) is 7.22. The van der Waals surface area contributed by atoms with Crippen LogP contribution in [0.2, 0.25) is 0 Å². The van der Waals surface area contributed by atoms with Gasteiger partial charge in [0.05, 0.1) is 18.6 Å². The molecule has 0 amide bonds. The summed E-state index contributed by atoms with van der Waals surface area (Å²) in [7, 11) is 0. The van der Waals surface area contributed by atoms with Crippen LogP contribution in [0.15, 0.2) is 28.7 Å². The van der Waals surface area contributed by atoms with Gasteiger partial charge in [-0.25, -0.2) is 0 Å². The van der Waals surface area contributed by atoms with Crippen LogP contribution in [0.25, 0.3) is 0 Å². The van der Waals surface area contributed by atoms with Crippen molar-refractivity contribution in [2.75, 3.05) is 6.61 Å². The smallest absolute Gasteiger partial charge is 0.309 e. The van der Waals surface area contributed by atoms with E-state index in [0.717, 1.165) is 4.47 Å². The maximum absolute atomic E-state index is 11.3. The van der Waals surface area contributed by atoms with Crippen LogP contribution < -0.4 is 0 Å². The Morgan fingerprint density at radius 1 is 1.44 bits per heavy atom. The summed E-state index contributed by atoms with van der Waals surface area (Å²) < 4.78 is 5.75. The van der Waals surface area contributed by atoms with Gasteiger partial charge in [0.25, 0.3) is 0 Å². The Morgan fingerprint density at radius 2 is 2.00 bits per heavy atom. The molecule has 4 heteroatoms. The molecule has 1 aromatic rings. The van der Waals surface area contributed by atoms with Crippen LogP contribution in [0, 0.1) is 0 Å². The van der Waals surface area contributed by atoms with Crippen LogP contribution in [0.4, 0.5) is 0 Å². The molecule has 0 unspecified atom stereocenters. The van der Waals surface area contributed by atoms with Crippen molar-refractivity contribution in [3.63, 3.8) is 0 Å². The highest BCUT2D eigenvalue weighted by atomic mass is 79.9. The zero-order valence-electron chi connectivity index (χ0n) is 9.37. The van der Waals surface area contributed by atoms with Gasteiger partial charge < -0.3 is 9.84 Å². The fourth-order valence-electron chi connectivity index (χ4n) is 1.40. The molecule has 0 saturated heterocycles. The molecule has 16 heavy (non-hydrogen) atoms. The van der Waals surface area contributed by atoms with Gasteiger partial charge in [-0.1, -0.05) is 28.1 Å². The van der Waals surface area contributed by atoms with Gasteiger partial charge in [-0.15, -0.1) is 0 Å². The first-order valence-electron chi connectivity index (χ1n) is 5.10. The standard InChI is InChI=1S/C12H15BrO3/c1-3-16-11(14)8-12(2,15)9-4-6-10(13)7-5-9/h4-7,15H,3,8H2,1-2H3/t12-/m1/s1. The molecule has 0 aliphatic rings. The number of ether oxygens (including phenoxy) is 1. The lowest BCUT2D eigenvalue weighted by atomic mass is 9.93. The number of esters is 1. The molecule has 1 atom stereocenters. The van der Waals surface area contributed by atoms with Crippen LogP contribution in [0.3, 0.4) is 0 Å². The fourth-order valence-corrected chi connectivity index (χ4v) is 1.67. The predicted molar refractivity (Wildman–Crippen MR) is 65.0 cm³/mol. The summed E-state index contributed by atoms with van der Waals surface area (Å²) in [4.78, 5) is 11.3. The van der Waals surface area contributed by atoms with Gasteiger partial charge in [0.2, 0.25) is 0 Å². The minimum atomic E-state index is -1.19. The Labute approximate surface area is 104 Å². The third-order valence-corrected chi connectivity index (χ3v) is 2.79. The number of halogens is 1. The molecule has 1 aromatic carbocycles. The molecule has 0 radical (unpaired) electrons. The van der Waals surface area contributed by atoms with Gasteiger partial charge in [-0.05, 0) is 31.5 Å². The summed E-state index contributed by atoms with van der Waals surface area (Å²) in [6.45, 7) is 3.68. The maximum Gasteiger partial charge on any atom is 0.309 e. The van der Waals surface area contributed by atoms with Crippen LogP contribution >= 0.6 is 15.9 Å². The Kier molecular flexibility index (Phi) is 4.50. The number of rotatable bonds is 4. The first-order chi connectivity index (χ1) is 7.45. The number of carbonyl (C=O) groups excluding carboxylic acids is 1. The fraction of sp³-hybridized carbons (Fsp3) is 0.417. The second-order valence-electron chi connectivity index (χ2n) is 3.76. The Hall–Kier alpha value is -0.870. The van der Waals surface area contributed by atoms with E-state index in [-0.39, 0.29) is 6.42 Å². The summed E-state index contributed by atoms with van der Waals surface area (Å²) in [6.07, 6.45) is -0.0392. The van der Waals surface area contributed by atoms with Gasteiger partial charge in [0.1, 0.15) is 0 Å². The van der Waals surface area contributed by atoms with Crippen molar-refractivity contribution in [2.24, 2.45) is 0 Å². The van der Waals surface area contributed by atoms with Gasteiger partial charge in [0.15, 0.2) is 0 Å². The van der Waals surface area contributed by atoms with Crippen molar-refractivity contribution >= 4 is 21.9 Å². The molecule has 0 aliphatic heterocycles. The lowest BCUT2D eigenvalue weighted by Gasteiger charge is -2.22. The Morgan fingerprint density at radius 3 is 2.50 bits per heavy atom. The van der Waals surface area contributed by atoms with Crippen molar-refractivity contribution in [2.45, 2.75) is 25.9 Å². The lowest BCUT2D eigenvalue weighted by molar-refractivity contribution is -0.148. The lowest BCUT2D eigenvalue weighted by Crippen LogP contribution is -2.26. The molecule has 0 fully saturated rings. The van der Waals surface area contributed by atoms with Gasteiger partial charge in [-0.3, -0.25) is 4.79 Å². The van der Waals surface area contributed by atoms with E-state index in [0.29, 0.717) is 12.2 Å². The molecule has 0 heterocycles. The van der Waals surface area contributed by atoms with Crippen molar-refractivity contribution in [1.82, 2.24) is 0 Å². The average molecular weight is 287 g/mol. The SMILES string of the molecule is CCOC(=O)C[C@@](C)(O)c1ccc(Br)cc1. The number of carbonyl (C=O) groups is 1. The first-order valence-corrected chi connectivity index (χ1v) is 5.89. The normalized spacial score (nSPS) is 14.2. The Bertz CT molecular complexity index is 357. The second kappa shape index (κ2) is 5.46. The van der Waals surface area contributed by atoms with E-state index in [1.165, 1.54) is 0 Å². The highest BCUT2D eigenvalue weighted by Gasteiger charge is 2.27. The van der Waals surface area contributed by atoms with Crippen molar-refractivity contribution in [3.05, 3.63) is 34.3 Å². The average Bonchev–Trinajstić information content (AvgIpc) is 2.17. The molecular weight excluding hydrogens is 272 g/mol. The van der Waals surface area contributed by atoms with E-state index >= 15 is 0 Å². The summed E-state index contributed by atoms with van der Waals surface area (Å²) in [5.74, 6) is -0.393. The largest absolute Gasteiger partial charge is 0.466 e. The Balaban J connectivity index is 2.76. The maximum atomic E-state index is 11.3. The highest BCUT2D eigenvalue weighted by molar-refractivity contribution is 9.10. The molecule has 0 spiro atoms. The molecule has 0 aliphatic carbocycles. The first kappa shape index (κ1) is 13.2. The molecule has 0 saturated carbocycles. The monoisotopic (exact) mass is 286 g/mol. The number of hydrogen-bond donors (Lipinski definition) is 1. The quantitative estimate of drug-likeness (QED) is 0.866. The third kappa shape index (κ3) is 3.61. The van der Waals surface area contributed by atoms with E-state index in [4.69, 9.17) is 4.74 Å². The molecule has 0 bridgehead atoms. The van der Waals surface area contributed by atoms with Gasteiger partial charge >= 0.3 is 5.97 Å². The van der Waals surface area contributed by atoms with E-state index in [2.05, 4.69) is 15.9 Å². The number of aliphatic hydroxyl groups is 1. The number of benzene rings is 1. The molecule has 1 rings (SSSR count).